The zero-order chi connectivity index (χ0) is 50.1. The van der Waals surface area contributed by atoms with Crippen LogP contribution in [0.5, 0.6) is 0 Å². The normalized spacial score (nSPS) is 14.6. The number of rotatable bonds is 48. The van der Waals surface area contributed by atoms with E-state index < -0.39 is 35.6 Å². The van der Waals surface area contributed by atoms with Crippen LogP contribution in [-0.2, 0) is 80.8 Å². The summed E-state index contributed by atoms with van der Waals surface area (Å²) in [6.45, 7) is 12.2. The number of amides is 5. The molecule has 0 bridgehead atoms. The summed E-state index contributed by atoms with van der Waals surface area (Å²) in [6.07, 6.45) is 0.598. The van der Waals surface area contributed by atoms with Gasteiger partial charge in [-0.15, -0.1) is 0 Å². The summed E-state index contributed by atoms with van der Waals surface area (Å²) in [6, 6.07) is 3.88. The minimum atomic E-state index is -1.02. The Labute approximate surface area is 409 Å². The van der Waals surface area contributed by atoms with Gasteiger partial charge in [0.2, 0.25) is 17.7 Å². The molecule has 1 aromatic carbocycles. The van der Waals surface area contributed by atoms with Crippen LogP contribution in [0.3, 0.4) is 0 Å². The van der Waals surface area contributed by atoms with Crippen molar-refractivity contribution in [2.45, 2.75) is 38.1 Å². The average molecular weight is 1000 g/mol. The Kier molecular flexibility index (Phi) is 34.6. The van der Waals surface area contributed by atoms with E-state index in [1.807, 2.05) is 0 Å². The lowest BCUT2D eigenvalue weighted by Crippen LogP contribution is -2.54. The number of piperidine rings is 1. The van der Waals surface area contributed by atoms with Crippen molar-refractivity contribution >= 4 is 41.2 Å². The van der Waals surface area contributed by atoms with Crippen molar-refractivity contribution in [3.8, 4) is 0 Å². The number of ether oxygens (including phenoxy) is 13. The smallest absolute Gasteiger partial charge is 0.303 e. The Bertz CT molecular complexity index is 1630. The number of benzene rings is 1. The van der Waals surface area contributed by atoms with Gasteiger partial charge in [0.25, 0.3) is 11.8 Å². The van der Waals surface area contributed by atoms with Crippen LogP contribution < -0.4 is 16.0 Å². The molecule has 2 aliphatic rings. The molecule has 1 fully saturated rings. The van der Waals surface area contributed by atoms with E-state index in [4.69, 9.17) is 66.7 Å². The second-order valence-electron chi connectivity index (χ2n) is 15.2. The molecule has 3 rings (SSSR count). The summed E-state index contributed by atoms with van der Waals surface area (Å²) in [7, 11) is 0. The summed E-state index contributed by atoms with van der Waals surface area (Å²) in [5.74, 6) is -3.46. The Morgan fingerprint density at radius 1 is 0.529 bits per heavy atom. The zero-order valence-electron chi connectivity index (χ0n) is 40.3. The molecule has 398 valence electrons. The van der Waals surface area contributed by atoms with Gasteiger partial charge in [-0.05, 0) is 25.0 Å². The molecule has 0 radical (unpaired) electrons. The predicted molar refractivity (Wildman–Crippen MR) is 247 cm³/mol. The van der Waals surface area contributed by atoms with E-state index in [9.17, 15) is 28.8 Å². The molecule has 1 unspecified atom stereocenters. The van der Waals surface area contributed by atoms with Crippen molar-refractivity contribution in [1.82, 2.24) is 15.5 Å². The molecule has 24 nitrogen and oxygen atoms in total. The molecule has 0 spiro atoms. The van der Waals surface area contributed by atoms with Gasteiger partial charge in [-0.3, -0.25) is 39.0 Å². The minimum absolute atomic E-state index is 0.0211. The van der Waals surface area contributed by atoms with Crippen LogP contribution in [0.4, 0.5) is 5.69 Å². The van der Waals surface area contributed by atoms with Crippen LogP contribution in [-0.4, -0.2) is 236 Å². The van der Waals surface area contributed by atoms with Gasteiger partial charge >= 0.3 is 5.97 Å². The van der Waals surface area contributed by atoms with Gasteiger partial charge in [-0.1, -0.05) is 6.07 Å². The molecule has 1 saturated heterocycles. The lowest BCUT2D eigenvalue weighted by atomic mass is 10.0. The topological polar surface area (TPSA) is 282 Å². The first-order valence-corrected chi connectivity index (χ1v) is 23.9. The highest BCUT2D eigenvalue weighted by atomic mass is 16.6. The minimum Gasteiger partial charge on any atom is -0.481 e. The van der Waals surface area contributed by atoms with Crippen LogP contribution in [0, 0.1) is 0 Å². The third kappa shape index (κ3) is 27.9. The SMILES string of the molecule is O=C(O)CCC(=O)NCCCOCCOCCOCCOCCOCCOCCOCCOCCOCCOCCOCCOCCOCCNc1cccc2c1C(=O)N(C1CCC(=O)NC1=O)C2=O. The Balaban J connectivity index is 0.933. The second-order valence-corrected chi connectivity index (χ2v) is 15.2. The fourth-order valence-corrected chi connectivity index (χ4v) is 6.37. The van der Waals surface area contributed by atoms with Crippen molar-refractivity contribution < 1.29 is 95.5 Å². The molecular weight excluding hydrogens is 929 g/mol. The second kappa shape index (κ2) is 40.3. The van der Waals surface area contributed by atoms with Crippen LogP contribution in [0.1, 0.15) is 52.8 Å². The van der Waals surface area contributed by atoms with E-state index in [0.717, 1.165) is 4.90 Å². The Hall–Kier alpha value is -4.28. The Morgan fingerprint density at radius 2 is 0.929 bits per heavy atom. The number of carboxylic acid groups (broad SMARTS) is 1. The number of aliphatic carboxylic acids is 1. The number of nitrogens with one attached hydrogen (secondary N) is 3. The van der Waals surface area contributed by atoms with Gasteiger partial charge in [-0.2, -0.15) is 0 Å². The number of imide groups is 2. The molecule has 24 heteroatoms. The van der Waals surface area contributed by atoms with E-state index in [1.54, 1.807) is 18.2 Å². The maximum atomic E-state index is 13.2. The number of carbonyl (C=O) groups is 6. The van der Waals surface area contributed by atoms with E-state index in [1.165, 1.54) is 0 Å². The zero-order valence-corrected chi connectivity index (χ0v) is 40.3. The summed E-state index contributed by atoms with van der Waals surface area (Å²) in [5.41, 5.74) is 0.884. The van der Waals surface area contributed by atoms with Crippen LogP contribution in [0.15, 0.2) is 18.2 Å². The van der Waals surface area contributed by atoms with Crippen LogP contribution in [0.25, 0.3) is 0 Å². The highest BCUT2D eigenvalue weighted by molar-refractivity contribution is 6.25. The molecule has 0 aliphatic carbocycles. The van der Waals surface area contributed by atoms with E-state index in [-0.39, 0.29) is 42.7 Å². The number of fused-ring (bicyclic) bond motifs is 1. The molecule has 1 aromatic rings. The summed E-state index contributed by atoms with van der Waals surface area (Å²) >= 11 is 0. The Morgan fingerprint density at radius 3 is 1.33 bits per heavy atom. The molecule has 5 amide bonds. The number of hydrogen-bond donors (Lipinski definition) is 4. The largest absolute Gasteiger partial charge is 0.481 e. The van der Waals surface area contributed by atoms with Crippen molar-refractivity contribution in [3.63, 3.8) is 0 Å². The number of anilines is 1. The fourth-order valence-electron chi connectivity index (χ4n) is 6.37. The highest BCUT2D eigenvalue weighted by Gasteiger charge is 2.45. The lowest BCUT2D eigenvalue weighted by molar-refractivity contribution is -0.139. The van der Waals surface area contributed by atoms with Crippen molar-refractivity contribution in [2.75, 3.05) is 190 Å². The number of carboxylic acids is 1. The summed E-state index contributed by atoms with van der Waals surface area (Å²) in [5, 5.41) is 16.5. The first kappa shape index (κ1) is 60.0. The summed E-state index contributed by atoms with van der Waals surface area (Å²) in [4.78, 5) is 72.8. The van der Waals surface area contributed by atoms with E-state index in [0.29, 0.717) is 197 Å². The van der Waals surface area contributed by atoms with Gasteiger partial charge < -0.3 is 77.3 Å². The molecule has 1 atom stereocenters. The standard InChI is InChI=1S/C46H74N4O20/c51-40(7-8-42(53)54)48-9-2-11-58-13-15-60-17-19-62-21-23-64-25-27-66-29-31-68-33-35-70-36-34-69-32-30-67-28-26-65-24-22-63-20-18-61-16-14-59-12-10-47-38-4-1-3-37-43(38)46(57)50(45(37)56)39-5-6-41(52)49-44(39)55/h1,3-4,39,47H,2,5-36H2,(H,48,51)(H,53,54)(H,49,52,55). The van der Waals surface area contributed by atoms with Crippen molar-refractivity contribution in [1.29, 1.82) is 0 Å². The predicted octanol–water partition coefficient (Wildman–Crippen LogP) is 0.0866. The van der Waals surface area contributed by atoms with Crippen molar-refractivity contribution in [2.24, 2.45) is 0 Å². The third-order valence-electron chi connectivity index (χ3n) is 9.85. The van der Waals surface area contributed by atoms with Gasteiger partial charge in [0.1, 0.15) is 6.04 Å². The van der Waals surface area contributed by atoms with Gasteiger partial charge in [-0.25, -0.2) is 0 Å². The molecule has 0 saturated carbocycles. The summed E-state index contributed by atoms with van der Waals surface area (Å²) < 4.78 is 71.4. The maximum absolute atomic E-state index is 13.2. The monoisotopic (exact) mass is 1000 g/mol. The van der Waals surface area contributed by atoms with E-state index in [2.05, 4.69) is 16.0 Å². The van der Waals surface area contributed by atoms with Gasteiger partial charge in [0, 0.05) is 38.2 Å². The van der Waals surface area contributed by atoms with Crippen LogP contribution in [0.2, 0.25) is 0 Å². The fraction of sp³-hybridized carbons (Fsp3) is 0.739. The third-order valence-corrected chi connectivity index (χ3v) is 9.85. The molecule has 4 N–H and O–H groups in total. The molecule has 2 aliphatic heterocycles. The van der Waals surface area contributed by atoms with Crippen LogP contribution >= 0.6 is 0 Å². The van der Waals surface area contributed by atoms with Gasteiger partial charge in [0.05, 0.1) is 183 Å². The number of hydrogen-bond acceptors (Lipinski definition) is 20. The molecular formula is C46H74N4O20. The average Bonchev–Trinajstić information content (AvgIpc) is 3.60. The van der Waals surface area contributed by atoms with E-state index >= 15 is 0 Å². The molecule has 2 heterocycles. The molecule has 70 heavy (non-hydrogen) atoms. The molecule has 0 aromatic heterocycles. The first-order valence-electron chi connectivity index (χ1n) is 23.9. The van der Waals surface area contributed by atoms with Gasteiger partial charge in [0.15, 0.2) is 0 Å². The number of nitrogens with zero attached hydrogens (tertiary/aromatic N) is 1. The quantitative estimate of drug-likeness (QED) is 0.0497. The lowest BCUT2D eigenvalue weighted by Gasteiger charge is -2.27. The van der Waals surface area contributed by atoms with Crippen molar-refractivity contribution in [3.05, 3.63) is 29.3 Å². The first-order chi connectivity index (χ1) is 34.3. The number of carbonyl (C=O) groups excluding carboxylic acids is 5. The highest BCUT2D eigenvalue weighted by Crippen LogP contribution is 2.32. The maximum Gasteiger partial charge on any atom is 0.303 e.